The Morgan fingerprint density at radius 1 is 0.667 bits per heavy atom. The summed E-state index contributed by atoms with van der Waals surface area (Å²) in [5.74, 6) is 0. The third-order valence-corrected chi connectivity index (χ3v) is 3.46. The number of hydrogen-bond donors (Lipinski definition) is 3. The Morgan fingerprint density at radius 2 is 1.11 bits per heavy atom. The molecule has 3 nitrogen and oxygen atoms in total. The molecule has 0 saturated heterocycles. The molecule has 0 aromatic rings. The maximum Gasteiger partial charge on any atom is 0.0800 e. The van der Waals surface area contributed by atoms with Crippen molar-refractivity contribution in [2.24, 2.45) is 0 Å². The van der Waals surface area contributed by atoms with Gasteiger partial charge in [-0.2, -0.15) is 0 Å². The van der Waals surface area contributed by atoms with Gasteiger partial charge in [0.15, 0.2) is 0 Å². The average Bonchev–Trinajstić information content (AvgIpc) is 2.38. The van der Waals surface area contributed by atoms with E-state index in [9.17, 15) is 10.2 Å². The maximum absolute atomic E-state index is 9.69. The predicted molar refractivity (Wildman–Crippen MR) is 75.6 cm³/mol. The first kappa shape index (κ1) is 17.9. The van der Waals surface area contributed by atoms with Crippen LogP contribution < -0.4 is 0 Å². The van der Waals surface area contributed by atoms with Crippen LogP contribution in [0.15, 0.2) is 0 Å². The van der Waals surface area contributed by atoms with Crippen molar-refractivity contribution in [3.8, 4) is 0 Å². The molecule has 3 N–H and O–H groups in total. The molecule has 0 fully saturated rings. The summed E-state index contributed by atoms with van der Waals surface area (Å²) >= 11 is 0. The van der Waals surface area contributed by atoms with Gasteiger partial charge in [-0.05, 0) is 19.3 Å². The Kier molecular flexibility index (Phi) is 13.2. The van der Waals surface area contributed by atoms with Gasteiger partial charge in [0.25, 0.3) is 0 Å². The molecular formula is C15H32O3. The second kappa shape index (κ2) is 13.3. The zero-order valence-electron chi connectivity index (χ0n) is 12.0. The van der Waals surface area contributed by atoms with Crippen LogP contribution in [-0.4, -0.2) is 34.1 Å². The minimum absolute atomic E-state index is 0.0849. The van der Waals surface area contributed by atoms with Crippen molar-refractivity contribution in [3.05, 3.63) is 0 Å². The minimum atomic E-state index is -0.665. The zero-order chi connectivity index (χ0) is 13.6. The molecule has 0 bridgehead atoms. The summed E-state index contributed by atoms with van der Waals surface area (Å²) in [5.41, 5.74) is 0. The Labute approximate surface area is 112 Å². The minimum Gasteiger partial charge on any atom is -0.396 e. The summed E-state index contributed by atoms with van der Waals surface area (Å²) in [6, 6.07) is 0. The monoisotopic (exact) mass is 260 g/mol. The van der Waals surface area contributed by atoms with Crippen LogP contribution in [0.2, 0.25) is 0 Å². The number of rotatable bonds is 13. The van der Waals surface area contributed by atoms with Crippen molar-refractivity contribution < 1.29 is 15.3 Å². The highest BCUT2D eigenvalue weighted by Crippen LogP contribution is 2.13. The lowest BCUT2D eigenvalue weighted by atomic mass is 10.0. The van der Waals surface area contributed by atoms with Crippen LogP contribution >= 0.6 is 0 Å². The second-order valence-electron chi connectivity index (χ2n) is 5.26. The van der Waals surface area contributed by atoms with Crippen LogP contribution in [-0.2, 0) is 0 Å². The van der Waals surface area contributed by atoms with Gasteiger partial charge in [0.1, 0.15) is 0 Å². The summed E-state index contributed by atoms with van der Waals surface area (Å²) in [4.78, 5) is 0. The van der Waals surface area contributed by atoms with E-state index < -0.39 is 12.2 Å². The topological polar surface area (TPSA) is 60.7 Å². The maximum atomic E-state index is 9.69. The third-order valence-electron chi connectivity index (χ3n) is 3.46. The highest BCUT2D eigenvalue weighted by atomic mass is 16.3. The zero-order valence-corrected chi connectivity index (χ0v) is 12.0. The molecule has 0 rings (SSSR count). The SMILES string of the molecule is CCCCCCCCCCC(O)C(O)CCCO. The number of unbranched alkanes of at least 4 members (excludes halogenated alkanes) is 7. The third kappa shape index (κ3) is 11.0. The van der Waals surface area contributed by atoms with Gasteiger partial charge in [0, 0.05) is 6.61 Å². The van der Waals surface area contributed by atoms with Gasteiger partial charge in [-0.25, -0.2) is 0 Å². The standard InChI is InChI=1S/C15H32O3/c1-2-3-4-5-6-7-8-9-11-14(17)15(18)12-10-13-16/h14-18H,2-13H2,1H3. The average molecular weight is 260 g/mol. The molecule has 0 saturated carbocycles. The van der Waals surface area contributed by atoms with Crippen molar-refractivity contribution >= 4 is 0 Å². The number of aliphatic hydroxyl groups excluding tert-OH is 3. The smallest absolute Gasteiger partial charge is 0.0800 e. The Balaban J connectivity index is 3.26. The Hall–Kier alpha value is -0.120. The quantitative estimate of drug-likeness (QED) is 0.446. The number of hydrogen-bond acceptors (Lipinski definition) is 3. The van der Waals surface area contributed by atoms with Gasteiger partial charge in [0.05, 0.1) is 12.2 Å². The molecule has 110 valence electrons. The van der Waals surface area contributed by atoms with E-state index in [0.717, 1.165) is 12.8 Å². The molecule has 0 heterocycles. The van der Waals surface area contributed by atoms with Crippen LogP contribution in [0.5, 0.6) is 0 Å². The van der Waals surface area contributed by atoms with Crippen molar-refractivity contribution in [3.63, 3.8) is 0 Å². The van der Waals surface area contributed by atoms with Gasteiger partial charge >= 0.3 is 0 Å². The van der Waals surface area contributed by atoms with Gasteiger partial charge < -0.3 is 15.3 Å². The lowest BCUT2D eigenvalue weighted by Crippen LogP contribution is -2.25. The summed E-state index contributed by atoms with van der Waals surface area (Å²) in [5, 5.41) is 27.9. The molecule has 18 heavy (non-hydrogen) atoms. The van der Waals surface area contributed by atoms with Gasteiger partial charge in [-0.1, -0.05) is 58.3 Å². The molecule has 0 aromatic heterocycles. The van der Waals surface area contributed by atoms with E-state index in [0.29, 0.717) is 19.3 Å². The van der Waals surface area contributed by atoms with E-state index in [4.69, 9.17) is 5.11 Å². The molecule has 3 heteroatoms. The Morgan fingerprint density at radius 3 is 1.61 bits per heavy atom. The predicted octanol–water partition coefficient (Wildman–Crippen LogP) is 3.01. The fourth-order valence-corrected chi connectivity index (χ4v) is 2.17. The fourth-order valence-electron chi connectivity index (χ4n) is 2.17. The molecule has 2 unspecified atom stereocenters. The van der Waals surface area contributed by atoms with E-state index in [1.54, 1.807) is 0 Å². The van der Waals surface area contributed by atoms with Crippen LogP contribution in [0.25, 0.3) is 0 Å². The van der Waals surface area contributed by atoms with E-state index in [-0.39, 0.29) is 6.61 Å². The van der Waals surface area contributed by atoms with E-state index in [1.165, 1.54) is 38.5 Å². The molecule has 0 amide bonds. The first-order valence-corrected chi connectivity index (χ1v) is 7.69. The lowest BCUT2D eigenvalue weighted by molar-refractivity contribution is 0.00522. The molecule has 2 atom stereocenters. The number of aliphatic hydroxyl groups is 3. The van der Waals surface area contributed by atoms with E-state index in [2.05, 4.69) is 6.92 Å². The first-order valence-electron chi connectivity index (χ1n) is 7.69. The fraction of sp³-hybridized carbons (Fsp3) is 1.00. The Bertz CT molecular complexity index is 162. The van der Waals surface area contributed by atoms with Crippen LogP contribution in [0.4, 0.5) is 0 Å². The molecule has 0 spiro atoms. The molecule has 0 aliphatic carbocycles. The van der Waals surface area contributed by atoms with Gasteiger partial charge in [-0.15, -0.1) is 0 Å². The van der Waals surface area contributed by atoms with Crippen LogP contribution in [0, 0.1) is 0 Å². The first-order chi connectivity index (χ1) is 8.72. The summed E-state index contributed by atoms with van der Waals surface area (Å²) < 4.78 is 0. The largest absolute Gasteiger partial charge is 0.396 e. The van der Waals surface area contributed by atoms with E-state index in [1.807, 2.05) is 0 Å². The molecule has 0 aliphatic heterocycles. The molecule has 0 aromatic carbocycles. The van der Waals surface area contributed by atoms with Crippen molar-refractivity contribution in [2.45, 2.75) is 89.8 Å². The van der Waals surface area contributed by atoms with Gasteiger partial charge in [0.2, 0.25) is 0 Å². The normalized spacial score (nSPS) is 14.7. The molecular weight excluding hydrogens is 228 g/mol. The molecule has 0 radical (unpaired) electrons. The van der Waals surface area contributed by atoms with Crippen LogP contribution in [0.3, 0.4) is 0 Å². The summed E-state index contributed by atoms with van der Waals surface area (Å²) in [6.07, 6.45) is 10.4. The summed E-state index contributed by atoms with van der Waals surface area (Å²) in [6.45, 7) is 2.31. The highest BCUT2D eigenvalue weighted by Gasteiger charge is 2.14. The lowest BCUT2D eigenvalue weighted by Gasteiger charge is -2.17. The van der Waals surface area contributed by atoms with Crippen molar-refractivity contribution in [2.75, 3.05) is 6.61 Å². The second-order valence-corrected chi connectivity index (χ2v) is 5.26. The molecule has 0 aliphatic rings. The van der Waals surface area contributed by atoms with Gasteiger partial charge in [-0.3, -0.25) is 0 Å². The van der Waals surface area contributed by atoms with Crippen LogP contribution in [0.1, 0.15) is 77.6 Å². The van der Waals surface area contributed by atoms with Crippen molar-refractivity contribution in [1.29, 1.82) is 0 Å². The summed E-state index contributed by atoms with van der Waals surface area (Å²) in [7, 11) is 0. The van der Waals surface area contributed by atoms with E-state index >= 15 is 0 Å². The van der Waals surface area contributed by atoms with Crippen molar-refractivity contribution in [1.82, 2.24) is 0 Å². The highest BCUT2D eigenvalue weighted by molar-refractivity contribution is 4.67.